The van der Waals surface area contributed by atoms with Crippen LogP contribution in [0.4, 0.5) is 22.8 Å². The number of halogens is 3. The highest BCUT2D eigenvalue weighted by Gasteiger charge is 2.35. The zero-order valence-electron chi connectivity index (χ0n) is 25.2. The lowest BCUT2D eigenvalue weighted by Crippen LogP contribution is -2.38. The van der Waals surface area contributed by atoms with E-state index in [1.165, 1.54) is 19.1 Å². The van der Waals surface area contributed by atoms with E-state index in [1.807, 2.05) is 6.92 Å². The maximum absolute atomic E-state index is 13.5. The fourth-order valence-electron chi connectivity index (χ4n) is 3.72. The maximum atomic E-state index is 13.5. The van der Waals surface area contributed by atoms with Gasteiger partial charge in [-0.25, -0.2) is 27.4 Å². The van der Waals surface area contributed by atoms with E-state index in [1.54, 1.807) is 35.9 Å². The maximum Gasteiger partial charge on any atom is 0.511 e. The van der Waals surface area contributed by atoms with Gasteiger partial charge in [0.05, 0.1) is 34.5 Å². The SMILES string of the molecule is CCOC(=O)OC(C)ON=[N+]([O-])N(CCO)CCOC(=O)NS(=O)(=O)c1ccc(-n2nc(C(F)(F)F)cc2-c2ccc(C)cc2)cc1. The first kappa shape index (κ1) is 36.4. The molecule has 3 aromatic rings. The topological polar surface area (TPSA) is 197 Å². The summed E-state index contributed by atoms with van der Waals surface area (Å²) in [4.78, 5) is 27.7. The molecule has 0 aliphatic carbocycles. The Kier molecular flexibility index (Phi) is 12.3. The molecule has 1 heterocycles. The normalized spacial score (nSPS) is 12.6. The van der Waals surface area contributed by atoms with Gasteiger partial charge < -0.3 is 24.5 Å². The van der Waals surface area contributed by atoms with E-state index >= 15 is 0 Å². The number of ether oxygens (including phenoxy) is 3. The van der Waals surface area contributed by atoms with Crippen molar-refractivity contribution in [3.05, 3.63) is 71.1 Å². The molecule has 16 nitrogen and oxygen atoms in total. The molecule has 20 heteroatoms. The summed E-state index contributed by atoms with van der Waals surface area (Å²) in [7, 11) is -4.50. The zero-order valence-corrected chi connectivity index (χ0v) is 26.0. The Morgan fingerprint density at radius 3 is 2.38 bits per heavy atom. The number of nitrogens with zero attached hydrogens (tertiary/aromatic N) is 5. The number of nitrogens with one attached hydrogen (secondary N) is 1. The van der Waals surface area contributed by atoms with Crippen molar-refractivity contribution in [1.29, 1.82) is 0 Å². The third-order valence-corrected chi connectivity index (χ3v) is 7.26. The van der Waals surface area contributed by atoms with Gasteiger partial charge in [-0.05, 0) is 44.2 Å². The molecule has 0 saturated carbocycles. The summed E-state index contributed by atoms with van der Waals surface area (Å²) in [5.41, 5.74) is 0.406. The van der Waals surface area contributed by atoms with Crippen LogP contribution in [0.2, 0.25) is 0 Å². The number of hydrogen-bond donors (Lipinski definition) is 2. The second-order valence-electron chi connectivity index (χ2n) is 9.41. The van der Waals surface area contributed by atoms with Crippen molar-refractivity contribution in [3.8, 4) is 16.9 Å². The predicted octanol–water partition coefficient (Wildman–Crippen LogP) is 3.90. The van der Waals surface area contributed by atoms with Gasteiger partial charge in [-0.2, -0.15) is 18.3 Å². The van der Waals surface area contributed by atoms with Crippen molar-refractivity contribution >= 4 is 22.3 Å². The van der Waals surface area contributed by atoms with Crippen molar-refractivity contribution in [2.24, 2.45) is 5.28 Å². The molecule has 0 radical (unpaired) electrons. The molecule has 2 aromatic carbocycles. The van der Waals surface area contributed by atoms with Gasteiger partial charge >= 0.3 is 18.4 Å². The van der Waals surface area contributed by atoms with E-state index in [4.69, 9.17) is 9.57 Å². The highest BCUT2D eigenvalue weighted by molar-refractivity contribution is 7.90. The van der Waals surface area contributed by atoms with Crippen molar-refractivity contribution in [1.82, 2.24) is 19.5 Å². The van der Waals surface area contributed by atoms with Gasteiger partial charge in [0.25, 0.3) is 16.3 Å². The lowest BCUT2D eigenvalue weighted by molar-refractivity contribution is -0.713. The second-order valence-corrected chi connectivity index (χ2v) is 11.1. The number of amides is 1. The summed E-state index contributed by atoms with van der Waals surface area (Å²) in [5, 5.41) is 29.1. The van der Waals surface area contributed by atoms with Gasteiger partial charge in [0.1, 0.15) is 19.7 Å². The number of rotatable bonds is 14. The van der Waals surface area contributed by atoms with Crippen molar-refractivity contribution in [2.75, 3.05) is 32.9 Å². The van der Waals surface area contributed by atoms with Gasteiger partial charge in [-0.15, -0.1) is 5.01 Å². The summed E-state index contributed by atoms with van der Waals surface area (Å²) in [5.74, 6) is 0. The first-order valence-electron chi connectivity index (χ1n) is 13.7. The Morgan fingerprint density at radius 2 is 1.79 bits per heavy atom. The summed E-state index contributed by atoms with van der Waals surface area (Å²) in [6.07, 6.45) is -8.52. The predicted molar refractivity (Wildman–Crippen MR) is 154 cm³/mol. The summed E-state index contributed by atoms with van der Waals surface area (Å²) in [6, 6.07) is 12.1. The Morgan fingerprint density at radius 1 is 1.13 bits per heavy atom. The number of sulfonamides is 1. The van der Waals surface area contributed by atoms with E-state index in [-0.39, 0.29) is 36.0 Å². The highest BCUT2D eigenvalue weighted by atomic mass is 32.2. The minimum absolute atomic E-state index is 0.0404. The average Bonchev–Trinajstić information content (AvgIpc) is 3.46. The fraction of sp³-hybridized carbons (Fsp3) is 0.370. The van der Waals surface area contributed by atoms with Crippen LogP contribution in [0.5, 0.6) is 0 Å². The third-order valence-electron chi connectivity index (χ3n) is 5.93. The van der Waals surface area contributed by atoms with Crippen LogP contribution in [0.25, 0.3) is 16.9 Å². The minimum Gasteiger partial charge on any atom is -0.569 e. The molecule has 0 fully saturated rings. The first-order valence-corrected chi connectivity index (χ1v) is 15.2. The summed E-state index contributed by atoms with van der Waals surface area (Å²) < 4.78 is 82.7. The van der Waals surface area contributed by atoms with Crippen LogP contribution in [0.1, 0.15) is 25.1 Å². The number of aryl methyl sites for hydroxylation is 1. The van der Waals surface area contributed by atoms with E-state index in [9.17, 15) is 41.5 Å². The molecular formula is C27H31F3N6O10S. The quantitative estimate of drug-likeness (QED) is 0.0816. The van der Waals surface area contributed by atoms with Crippen LogP contribution in [0, 0.1) is 12.1 Å². The third kappa shape index (κ3) is 10.5. The van der Waals surface area contributed by atoms with Gasteiger partial charge in [-0.1, -0.05) is 29.8 Å². The molecule has 2 N–H and O–H groups in total. The molecule has 256 valence electrons. The molecule has 0 spiro atoms. The number of hydrazine groups is 1. The Labute approximate surface area is 266 Å². The van der Waals surface area contributed by atoms with E-state index in [0.717, 1.165) is 33.5 Å². The Hall–Kier alpha value is -5.11. The molecule has 1 aromatic heterocycles. The van der Waals surface area contributed by atoms with E-state index in [0.29, 0.717) is 5.56 Å². The molecule has 1 unspecified atom stereocenters. The van der Waals surface area contributed by atoms with Gasteiger partial charge in [0.2, 0.25) is 5.28 Å². The van der Waals surface area contributed by atoms with E-state index < -0.39 is 58.5 Å². The van der Waals surface area contributed by atoms with Crippen molar-refractivity contribution in [3.63, 3.8) is 0 Å². The molecule has 0 bridgehead atoms. The van der Waals surface area contributed by atoms with Gasteiger partial charge in [0, 0.05) is 12.5 Å². The molecule has 0 aliphatic rings. The molecule has 0 saturated heterocycles. The molecule has 1 atom stereocenters. The van der Waals surface area contributed by atoms with E-state index in [2.05, 4.69) is 19.8 Å². The van der Waals surface area contributed by atoms with Crippen LogP contribution >= 0.6 is 0 Å². The second kappa shape index (κ2) is 15.9. The number of carbonyl (C=O) groups excluding carboxylic acids is 2. The first-order chi connectivity index (χ1) is 22.1. The summed E-state index contributed by atoms with van der Waals surface area (Å²) in [6.45, 7) is 2.90. The lowest BCUT2D eigenvalue weighted by atomic mass is 10.1. The largest absolute Gasteiger partial charge is 0.569 e. The van der Waals surface area contributed by atoms with Gasteiger partial charge in [0.15, 0.2) is 5.69 Å². The molecule has 3 rings (SSSR count). The van der Waals surface area contributed by atoms with Crippen LogP contribution in [0.15, 0.2) is 64.8 Å². The molecule has 1 amide bonds. The standard InChI is InChI=1S/C27H31F3N6O10S/c1-4-43-26(39)45-19(3)46-33-36(40)34(13-15-37)14-16-44-25(38)32-47(41,42)22-11-9-21(10-12-22)35-23(17-24(31-35)27(28,29)30)20-7-5-18(2)6-8-20/h5-12,17,19,37H,4,13-16H2,1-3H3,(H,32,38). The van der Waals surface area contributed by atoms with Crippen molar-refractivity contribution in [2.45, 2.75) is 38.1 Å². The molecule has 0 aliphatic heterocycles. The van der Waals surface area contributed by atoms with Crippen LogP contribution in [-0.2, 0) is 35.2 Å². The number of aromatic nitrogens is 2. The monoisotopic (exact) mass is 688 g/mol. The van der Waals surface area contributed by atoms with Crippen LogP contribution in [-0.4, -0.2) is 84.7 Å². The number of aliphatic hydroxyl groups is 1. The Balaban J connectivity index is 1.64. The average molecular weight is 689 g/mol. The number of alkyl halides is 3. The Bertz CT molecular complexity index is 1650. The molecule has 47 heavy (non-hydrogen) atoms. The number of hydrogen-bond acceptors (Lipinski definition) is 12. The van der Waals surface area contributed by atoms with Crippen LogP contribution < -0.4 is 4.72 Å². The molecular weight excluding hydrogens is 657 g/mol. The highest BCUT2D eigenvalue weighted by Crippen LogP contribution is 2.33. The number of benzene rings is 2. The number of aliphatic hydroxyl groups excluding tert-OH is 1. The fourth-order valence-corrected chi connectivity index (χ4v) is 4.61. The van der Waals surface area contributed by atoms with Crippen molar-refractivity contribution < 1.29 is 60.3 Å². The summed E-state index contributed by atoms with van der Waals surface area (Å²) >= 11 is 0. The number of carbonyl (C=O) groups is 2. The smallest absolute Gasteiger partial charge is 0.511 e. The van der Waals surface area contributed by atoms with Crippen LogP contribution in [0.3, 0.4) is 0 Å². The lowest BCUT2D eigenvalue weighted by Gasteiger charge is -2.17. The minimum atomic E-state index is -4.74. The van der Waals surface area contributed by atoms with Gasteiger partial charge in [-0.3, -0.25) is 4.84 Å². The zero-order chi connectivity index (χ0) is 34.8.